The number of carbonyl (C=O) groups is 2. The quantitative estimate of drug-likeness (QED) is 0.874. The summed E-state index contributed by atoms with van der Waals surface area (Å²) in [6.45, 7) is 2.08. The van der Waals surface area contributed by atoms with Crippen molar-refractivity contribution in [3.63, 3.8) is 0 Å². The molecule has 0 aliphatic carbocycles. The molecule has 0 saturated heterocycles. The molecular weight excluding hydrogens is 294 g/mol. The van der Waals surface area contributed by atoms with Crippen LogP contribution in [-0.4, -0.2) is 36.7 Å². The maximum absolute atomic E-state index is 11.9. The van der Waals surface area contributed by atoms with E-state index in [0.29, 0.717) is 5.02 Å². The molecule has 0 unspecified atom stereocenters. The molecule has 3 amide bonds. The number of nitrogens with two attached hydrogens (primary N) is 1. The number of urea groups is 1. The summed E-state index contributed by atoms with van der Waals surface area (Å²) < 4.78 is 4.79. The van der Waals surface area contributed by atoms with Gasteiger partial charge in [-0.05, 0) is 30.7 Å². The molecule has 0 radical (unpaired) electrons. The first kappa shape index (κ1) is 17.0. The van der Waals surface area contributed by atoms with Gasteiger partial charge in [-0.1, -0.05) is 23.7 Å². The fraction of sp³-hybridized carbons (Fsp3) is 0.286. The van der Waals surface area contributed by atoms with Crippen LogP contribution in [0.25, 0.3) is 6.08 Å². The number of halogens is 1. The van der Waals surface area contributed by atoms with Crippen molar-refractivity contribution in [3.8, 4) is 0 Å². The smallest absolute Gasteiger partial charge is 0.418 e. The minimum Gasteiger partial charge on any atom is -0.449 e. The fourth-order valence-corrected chi connectivity index (χ4v) is 1.70. The third-order valence-electron chi connectivity index (χ3n) is 2.42. The molecule has 0 aliphatic heterocycles. The summed E-state index contributed by atoms with van der Waals surface area (Å²) in [5.41, 5.74) is 6.20. The monoisotopic (exact) mass is 311 g/mol. The molecule has 21 heavy (non-hydrogen) atoms. The SMILES string of the molecule is CCOC(=O)N(CCN)C(=O)N/C=C/c1cccc(Cl)c1. The minimum atomic E-state index is -0.725. The molecule has 1 rings (SSSR count). The Morgan fingerprint density at radius 3 is 2.86 bits per heavy atom. The van der Waals surface area contributed by atoms with Crippen LogP contribution < -0.4 is 11.1 Å². The van der Waals surface area contributed by atoms with E-state index in [9.17, 15) is 9.59 Å². The van der Waals surface area contributed by atoms with Crippen LogP contribution in [-0.2, 0) is 4.74 Å². The van der Waals surface area contributed by atoms with Gasteiger partial charge in [-0.25, -0.2) is 14.5 Å². The highest BCUT2D eigenvalue weighted by Crippen LogP contribution is 2.11. The normalized spacial score (nSPS) is 10.4. The van der Waals surface area contributed by atoms with E-state index in [1.165, 1.54) is 6.20 Å². The average Bonchev–Trinajstić information content (AvgIpc) is 2.45. The molecule has 0 spiro atoms. The van der Waals surface area contributed by atoms with Crippen molar-refractivity contribution in [3.05, 3.63) is 41.1 Å². The molecule has 1 aromatic rings. The number of hydrogen-bond acceptors (Lipinski definition) is 4. The fourth-order valence-electron chi connectivity index (χ4n) is 1.50. The van der Waals surface area contributed by atoms with Crippen molar-refractivity contribution in [1.29, 1.82) is 0 Å². The lowest BCUT2D eigenvalue weighted by Crippen LogP contribution is -2.44. The predicted octanol–water partition coefficient (Wildman–Crippen LogP) is 2.44. The third kappa shape index (κ3) is 5.85. The van der Waals surface area contributed by atoms with Gasteiger partial charge < -0.3 is 15.8 Å². The molecule has 114 valence electrons. The first-order valence-corrected chi connectivity index (χ1v) is 6.83. The number of hydrogen-bond donors (Lipinski definition) is 2. The molecule has 0 saturated carbocycles. The van der Waals surface area contributed by atoms with Gasteiger partial charge >= 0.3 is 12.1 Å². The van der Waals surface area contributed by atoms with Crippen LogP contribution in [0.1, 0.15) is 12.5 Å². The first-order valence-electron chi connectivity index (χ1n) is 6.45. The predicted molar refractivity (Wildman–Crippen MR) is 81.8 cm³/mol. The van der Waals surface area contributed by atoms with Gasteiger partial charge in [0.2, 0.25) is 0 Å². The van der Waals surface area contributed by atoms with Crippen molar-refractivity contribution in [2.45, 2.75) is 6.92 Å². The molecule has 7 heteroatoms. The van der Waals surface area contributed by atoms with Crippen LogP contribution in [0.5, 0.6) is 0 Å². The zero-order chi connectivity index (χ0) is 15.7. The Labute approximate surface area is 128 Å². The summed E-state index contributed by atoms with van der Waals surface area (Å²) in [4.78, 5) is 24.4. The molecule has 0 fully saturated rings. The van der Waals surface area contributed by atoms with Crippen molar-refractivity contribution < 1.29 is 14.3 Å². The Bertz CT molecular complexity index is 520. The summed E-state index contributed by atoms with van der Waals surface area (Å²) in [5.74, 6) is 0. The van der Waals surface area contributed by atoms with Crippen molar-refractivity contribution >= 4 is 29.8 Å². The van der Waals surface area contributed by atoms with E-state index in [1.807, 2.05) is 6.07 Å². The van der Waals surface area contributed by atoms with Crippen LogP contribution in [0.2, 0.25) is 5.02 Å². The molecule has 0 aromatic heterocycles. The van der Waals surface area contributed by atoms with E-state index in [-0.39, 0.29) is 19.7 Å². The van der Waals surface area contributed by atoms with Gasteiger partial charge in [0, 0.05) is 24.3 Å². The van der Waals surface area contributed by atoms with Gasteiger partial charge in [0.25, 0.3) is 0 Å². The van der Waals surface area contributed by atoms with Gasteiger partial charge in [0.1, 0.15) is 0 Å². The van der Waals surface area contributed by atoms with Gasteiger partial charge in [0.15, 0.2) is 0 Å². The number of amides is 3. The van der Waals surface area contributed by atoms with Crippen LogP contribution in [0, 0.1) is 0 Å². The number of benzene rings is 1. The molecule has 6 nitrogen and oxygen atoms in total. The number of nitrogens with zero attached hydrogens (tertiary/aromatic N) is 1. The van der Waals surface area contributed by atoms with Gasteiger partial charge in [-0.3, -0.25) is 0 Å². The minimum absolute atomic E-state index is 0.0790. The Balaban J connectivity index is 2.62. The van der Waals surface area contributed by atoms with Crippen LogP contribution in [0.4, 0.5) is 9.59 Å². The lowest BCUT2D eigenvalue weighted by molar-refractivity contribution is 0.116. The number of nitrogens with one attached hydrogen (secondary N) is 1. The van der Waals surface area contributed by atoms with Gasteiger partial charge in [-0.2, -0.15) is 0 Å². The third-order valence-corrected chi connectivity index (χ3v) is 2.65. The largest absolute Gasteiger partial charge is 0.449 e. The zero-order valence-corrected chi connectivity index (χ0v) is 12.5. The van der Waals surface area contributed by atoms with Crippen molar-refractivity contribution in [2.24, 2.45) is 5.73 Å². The molecule has 3 N–H and O–H groups in total. The second kappa shape index (κ2) is 8.99. The number of ether oxygens (including phenoxy) is 1. The molecule has 0 atom stereocenters. The average molecular weight is 312 g/mol. The highest BCUT2D eigenvalue weighted by atomic mass is 35.5. The Hall–Kier alpha value is -2.05. The molecule has 1 aromatic carbocycles. The summed E-state index contributed by atoms with van der Waals surface area (Å²) in [7, 11) is 0. The van der Waals surface area contributed by atoms with Gasteiger partial charge in [-0.15, -0.1) is 0 Å². The molecular formula is C14H18ClN3O3. The first-order chi connectivity index (χ1) is 10.1. The number of carbonyl (C=O) groups excluding carboxylic acids is 2. The topological polar surface area (TPSA) is 84.7 Å². The second-order valence-corrected chi connectivity index (χ2v) is 4.41. The van der Waals surface area contributed by atoms with E-state index in [1.54, 1.807) is 31.2 Å². The number of imide groups is 1. The Morgan fingerprint density at radius 1 is 1.48 bits per heavy atom. The van der Waals surface area contributed by atoms with Crippen molar-refractivity contribution in [2.75, 3.05) is 19.7 Å². The Kier molecular flexibility index (Phi) is 7.28. The lowest BCUT2D eigenvalue weighted by atomic mass is 10.2. The molecule has 0 bridgehead atoms. The zero-order valence-electron chi connectivity index (χ0n) is 11.7. The van der Waals surface area contributed by atoms with E-state index >= 15 is 0 Å². The van der Waals surface area contributed by atoms with Crippen LogP contribution in [0.15, 0.2) is 30.5 Å². The van der Waals surface area contributed by atoms with Gasteiger partial charge in [0.05, 0.1) is 6.61 Å². The standard InChI is InChI=1S/C14H18ClN3O3/c1-2-21-14(20)18(9-7-16)13(19)17-8-6-11-4-3-5-12(15)10-11/h3-6,8,10H,2,7,9,16H2,1H3,(H,17,19)/b8-6+. The maximum Gasteiger partial charge on any atom is 0.418 e. The van der Waals surface area contributed by atoms with Crippen molar-refractivity contribution in [1.82, 2.24) is 10.2 Å². The van der Waals surface area contributed by atoms with E-state index in [2.05, 4.69) is 5.32 Å². The number of rotatable bonds is 5. The lowest BCUT2D eigenvalue weighted by Gasteiger charge is -2.18. The second-order valence-electron chi connectivity index (χ2n) is 3.98. The Morgan fingerprint density at radius 2 is 2.24 bits per heavy atom. The van der Waals surface area contributed by atoms with E-state index in [0.717, 1.165) is 10.5 Å². The van der Waals surface area contributed by atoms with Crippen LogP contribution in [0.3, 0.4) is 0 Å². The summed E-state index contributed by atoms with van der Waals surface area (Å²) in [6.07, 6.45) is 2.36. The molecule has 0 aliphatic rings. The summed E-state index contributed by atoms with van der Waals surface area (Å²) in [5, 5.41) is 3.08. The maximum atomic E-state index is 11.9. The van der Waals surface area contributed by atoms with E-state index < -0.39 is 12.1 Å². The molecule has 0 heterocycles. The summed E-state index contributed by atoms with van der Waals surface area (Å²) in [6, 6.07) is 6.52. The highest BCUT2D eigenvalue weighted by Gasteiger charge is 2.20. The summed E-state index contributed by atoms with van der Waals surface area (Å²) >= 11 is 5.85. The van der Waals surface area contributed by atoms with Crippen LogP contribution >= 0.6 is 11.6 Å². The highest BCUT2D eigenvalue weighted by molar-refractivity contribution is 6.30. The van der Waals surface area contributed by atoms with E-state index in [4.69, 9.17) is 22.1 Å².